The molecule has 1 atom stereocenters. The van der Waals surface area contributed by atoms with E-state index in [9.17, 15) is 9.59 Å². The second kappa shape index (κ2) is 6.59. The lowest BCUT2D eigenvalue weighted by Crippen LogP contribution is -2.44. The molecule has 0 saturated carbocycles. The van der Waals surface area contributed by atoms with Gasteiger partial charge < -0.3 is 10.6 Å². The second-order valence-electron chi connectivity index (χ2n) is 6.45. The Morgan fingerprint density at radius 1 is 1.21 bits per heavy atom. The van der Waals surface area contributed by atoms with Crippen molar-refractivity contribution in [2.75, 3.05) is 7.05 Å². The van der Waals surface area contributed by atoms with Gasteiger partial charge in [-0.05, 0) is 57.2 Å². The summed E-state index contributed by atoms with van der Waals surface area (Å²) in [6.45, 7) is 3.70. The molecule has 0 fully saturated rings. The van der Waals surface area contributed by atoms with Gasteiger partial charge in [-0.1, -0.05) is 11.6 Å². The van der Waals surface area contributed by atoms with Crippen molar-refractivity contribution in [2.24, 2.45) is 0 Å². The summed E-state index contributed by atoms with van der Waals surface area (Å²) in [7, 11) is 1.57. The Labute approximate surface area is 141 Å². The summed E-state index contributed by atoms with van der Waals surface area (Å²) in [5.74, 6) is -0.394. The average Bonchev–Trinajstić information content (AvgIpc) is 2.58. The maximum Gasteiger partial charge on any atom is 0.252 e. The second-order valence-corrected chi connectivity index (χ2v) is 6.45. The number of hydrogen-bond acceptors (Lipinski definition) is 3. The fraction of sp³-hybridized carbons (Fsp3) is 0.421. The van der Waals surface area contributed by atoms with Crippen LogP contribution in [0.1, 0.15) is 46.9 Å². The molecular formula is C19H23N3O2. The predicted molar refractivity (Wildman–Crippen MR) is 94.1 cm³/mol. The lowest BCUT2D eigenvalue weighted by atomic mass is 9.89. The van der Waals surface area contributed by atoms with Gasteiger partial charge in [-0.2, -0.15) is 0 Å². The summed E-state index contributed by atoms with van der Waals surface area (Å²) in [5, 5.41) is 6.27. The Kier molecular flexibility index (Phi) is 4.51. The number of hydrogen-bond donors (Lipinski definition) is 2. The zero-order valence-corrected chi connectivity index (χ0v) is 14.4. The molecule has 0 aliphatic heterocycles. The van der Waals surface area contributed by atoms with Crippen LogP contribution >= 0.6 is 0 Å². The molecule has 2 N–H and O–H groups in total. The molecule has 3 rings (SSSR count). The van der Waals surface area contributed by atoms with Crippen molar-refractivity contribution in [2.45, 2.75) is 45.6 Å². The van der Waals surface area contributed by atoms with Gasteiger partial charge in [0.2, 0.25) is 5.91 Å². The summed E-state index contributed by atoms with van der Waals surface area (Å²) >= 11 is 0. The average molecular weight is 325 g/mol. The van der Waals surface area contributed by atoms with Crippen molar-refractivity contribution >= 4 is 22.7 Å². The minimum absolute atomic E-state index is 0.192. The van der Waals surface area contributed by atoms with Crippen LogP contribution in [0.2, 0.25) is 0 Å². The highest BCUT2D eigenvalue weighted by atomic mass is 16.2. The van der Waals surface area contributed by atoms with Gasteiger partial charge >= 0.3 is 0 Å². The van der Waals surface area contributed by atoms with E-state index in [1.54, 1.807) is 14.0 Å². The Hall–Kier alpha value is -2.43. The highest BCUT2D eigenvalue weighted by Gasteiger charge is 2.24. The van der Waals surface area contributed by atoms with Crippen molar-refractivity contribution < 1.29 is 9.59 Å². The van der Waals surface area contributed by atoms with Crippen molar-refractivity contribution in [1.29, 1.82) is 0 Å². The number of rotatable bonds is 3. The first-order chi connectivity index (χ1) is 11.5. The zero-order valence-electron chi connectivity index (χ0n) is 14.4. The molecule has 1 heterocycles. The van der Waals surface area contributed by atoms with Crippen molar-refractivity contribution in [3.05, 3.63) is 40.6 Å². The number of benzene rings is 1. The first kappa shape index (κ1) is 16.4. The molecule has 0 spiro atoms. The summed E-state index contributed by atoms with van der Waals surface area (Å²) < 4.78 is 0. The topological polar surface area (TPSA) is 71.1 Å². The number of likely N-dealkylation sites (N-methyl/N-ethyl adjacent to an activating group) is 1. The monoisotopic (exact) mass is 325 g/mol. The largest absolute Gasteiger partial charge is 0.357 e. The fourth-order valence-electron chi connectivity index (χ4n) is 3.35. The third kappa shape index (κ3) is 2.98. The molecule has 0 radical (unpaired) electrons. The third-order valence-electron chi connectivity index (χ3n) is 4.63. The smallest absolute Gasteiger partial charge is 0.252 e. The molecule has 0 saturated heterocycles. The van der Waals surface area contributed by atoms with E-state index in [0.29, 0.717) is 5.56 Å². The number of aromatic nitrogens is 1. The van der Waals surface area contributed by atoms with Gasteiger partial charge in [0.1, 0.15) is 6.04 Å². The molecule has 2 aromatic rings. The number of aryl methyl sites for hydroxylation is 2. The molecule has 0 unspecified atom stereocenters. The standard InChI is InChI=1S/C19H23N3O2/c1-11-8-9-16-14(10-11)17(13-6-4-5-7-15(13)22-16)19(24)21-12(2)18(23)20-3/h8-10,12H,4-7H2,1-3H3,(H,20,23)(H,21,24)/t12-/m1/s1. The first-order valence-corrected chi connectivity index (χ1v) is 8.46. The molecule has 1 aromatic carbocycles. The normalized spacial score (nSPS) is 14.8. The Morgan fingerprint density at radius 2 is 1.96 bits per heavy atom. The first-order valence-electron chi connectivity index (χ1n) is 8.46. The van der Waals surface area contributed by atoms with Crippen LogP contribution in [0, 0.1) is 6.92 Å². The van der Waals surface area contributed by atoms with E-state index in [0.717, 1.165) is 53.4 Å². The van der Waals surface area contributed by atoms with Crippen LogP contribution in [0.3, 0.4) is 0 Å². The number of nitrogens with zero attached hydrogens (tertiary/aromatic N) is 1. The third-order valence-corrected chi connectivity index (χ3v) is 4.63. The molecule has 1 aliphatic carbocycles. The maximum atomic E-state index is 13.0. The van der Waals surface area contributed by atoms with Gasteiger partial charge in [-0.15, -0.1) is 0 Å². The van der Waals surface area contributed by atoms with E-state index >= 15 is 0 Å². The Morgan fingerprint density at radius 3 is 2.71 bits per heavy atom. The number of carbonyl (C=O) groups is 2. The molecular weight excluding hydrogens is 302 g/mol. The van der Waals surface area contributed by atoms with Crippen LogP contribution in [0.15, 0.2) is 18.2 Å². The van der Waals surface area contributed by atoms with Crippen LogP contribution in [-0.2, 0) is 17.6 Å². The van der Waals surface area contributed by atoms with Gasteiger partial charge in [0.25, 0.3) is 5.91 Å². The van der Waals surface area contributed by atoms with Crippen LogP contribution in [0.4, 0.5) is 0 Å². The van der Waals surface area contributed by atoms with Gasteiger partial charge in [-0.25, -0.2) is 0 Å². The quantitative estimate of drug-likeness (QED) is 0.909. The minimum Gasteiger partial charge on any atom is -0.357 e. The highest BCUT2D eigenvalue weighted by molar-refractivity contribution is 6.09. The molecule has 1 aliphatic rings. The van der Waals surface area contributed by atoms with Crippen molar-refractivity contribution in [3.8, 4) is 0 Å². The van der Waals surface area contributed by atoms with Crippen LogP contribution < -0.4 is 10.6 Å². The van der Waals surface area contributed by atoms with E-state index in [2.05, 4.69) is 10.6 Å². The van der Waals surface area contributed by atoms with Gasteiger partial charge in [-0.3, -0.25) is 14.6 Å². The van der Waals surface area contributed by atoms with Gasteiger partial charge in [0.05, 0.1) is 11.1 Å². The Balaban J connectivity index is 2.12. The Bertz CT molecular complexity index is 814. The maximum absolute atomic E-state index is 13.0. The lowest BCUT2D eigenvalue weighted by Gasteiger charge is -2.21. The number of amides is 2. The molecule has 24 heavy (non-hydrogen) atoms. The molecule has 0 bridgehead atoms. The summed E-state index contributed by atoms with van der Waals surface area (Å²) in [5.41, 5.74) is 4.69. The summed E-state index contributed by atoms with van der Waals surface area (Å²) in [6, 6.07) is 5.42. The number of fused-ring (bicyclic) bond motifs is 2. The number of nitrogens with one attached hydrogen (secondary N) is 2. The van der Waals surface area contributed by atoms with Crippen LogP contribution in [-0.4, -0.2) is 29.9 Å². The lowest BCUT2D eigenvalue weighted by molar-refractivity contribution is -0.122. The molecule has 1 aromatic heterocycles. The fourth-order valence-corrected chi connectivity index (χ4v) is 3.35. The van der Waals surface area contributed by atoms with Gasteiger partial charge in [0.15, 0.2) is 0 Å². The molecule has 2 amide bonds. The number of pyridine rings is 1. The number of carbonyl (C=O) groups excluding carboxylic acids is 2. The van der Waals surface area contributed by atoms with Crippen LogP contribution in [0.5, 0.6) is 0 Å². The van der Waals surface area contributed by atoms with E-state index in [1.807, 2.05) is 25.1 Å². The molecule has 5 nitrogen and oxygen atoms in total. The van der Waals surface area contributed by atoms with E-state index < -0.39 is 6.04 Å². The highest BCUT2D eigenvalue weighted by Crippen LogP contribution is 2.29. The van der Waals surface area contributed by atoms with E-state index in [1.165, 1.54) is 0 Å². The zero-order chi connectivity index (χ0) is 17.3. The van der Waals surface area contributed by atoms with Crippen molar-refractivity contribution in [3.63, 3.8) is 0 Å². The summed E-state index contributed by atoms with van der Waals surface area (Å²) in [4.78, 5) is 29.5. The van der Waals surface area contributed by atoms with E-state index in [-0.39, 0.29) is 11.8 Å². The minimum atomic E-state index is -0.574. The summed E-state index contributed by atoms with van der Waals surface area (Å²) in [6.07, 6.45) is 3.94. The van der Waals surface area contributed by atoms with E-state index in [4.69, 9.17) is 4.98 Å². The van der Waals surface area contributed by atoms with Crippen molar-refractivity contribution in [1.82, 2.24) is 15.6 Å². The molecule has 126 valence electrons. The molecule has 5 heteroatoms. The van der Waals surface area contributed by atoms with Crippen LogP contribution in [0.25, 0.3) is 10.9 Å². The predicted octanol–water partition coefficient (Wildman–Crippen LogP) is 2.29. The van der Waals surface area contributed by atoms with Gasteiger partial charge in [0, 0.05) is 18.1 Å². The SMILES string of the molecule is CNC(=O)[C@@H](C)NC(=O)c1c2c(nc3ccc(C)cc13)CCCC2.